The van der Waals surface area contributed by atoms with E-state index in [1.54, 1.807) is 49.4 Å². The van der Waals surface area contributed by atoms with Gasteiger partial charge in [0.2, 0.25) is 21.8 Å². The van der Waals surface area contributed by atoms with E-state index in [9.17, 15) is 18.0 Å². The molecule has 35 heavy (non-hydrogen) atoms. The van der Waals surface area contributed by atoms with Crippen LogP contribution >= 0.6 is 34.8 Å². The highest BCUT2D eigenvalue weighted by Gasteiger charge is 2.29. The maximum atomic E-state index is 13.4. The number of anilines is 1. The van der Waals surface area contributed by atoms with Crippen LogP contribution < -0.4 is 9.62 Å². The van der Waals surface area contributed by atoms with Gasteiger partial charge in [0.1, 0.15) is 6.04 Å². The van der Waals surface area contributed by atoms with Crippen molar-refractivity contribution in [2.75, 3.05) is 23.7 Å². The molecule has 0 bridgehead atoms. The van der Waals surface area contributed by atoms with Crippen molar-refractivity contribution >= 4 is 62.3 Å². The van der Waals surface area contributed by atoms with Gasteiger partial charge in [-0.1, -0.05) is 53.9 Å². The SMILES string of the molecule is CCNC(=O)C(CC)N(Cc1c(Cl)cccc1Cl)C(=O)CCCN(c1cccc(Cl)c1)S(C)(=O)=O. The molecule has 0 saturated heterocycles. The monoisotopic (exact) mass is 561 g/mol. The molecule has 0 aromatic heterocycles. The normalized spacial score (nSPS) is 12.2. The molecule has 0 heterocycles. The first-order valence-corrected chi connectivity index (χ1v) is 14.2. The van der Waals surface area contributed by atoms with E-state index in [4.69, 9.17) is 34.8 Å². The fraction of sp³-hybridized carbons (Fsp3) is 0.417. The largest absolute Gasteiger partial charge is 0.355 e. The number of nitrogens with one attached hydrogen (secondary N) is 1. The van der Waals surface area contributed by atoms with Gasteiger partial charge in [0.25, 0.3) is 0 Å². The standard InChI is InChI=1S/C24H30Cl3N3O4S/c1-4-22(24(32)28-5-2)29(16-19-20(26)11-7-12-21(19)27)23(31)13-8-14-30(35(3,33)34)18-10-6-9-17(25)15-18/h6-7,9-12,15,22H,4-5,8,13-14,16H2,1-3H3,(H,28,32). The van der Waals surface area contributed by atoms with E-state index < -0.39 is 16.1 Å². The molecule has 0 aliphatic heterocycles. The molecule has 2 aromatic carbocycles. The predicted molar refractivity (Wildman–Crippen MR) is 143 cm³/mol. The zero-order chi connectivity index (χ0) is 26.2. The first kappa shape index (κ1) is 29.2. The molecule has 192 valence electrons. The van der Waals surface area contributed by atoms with E-state index >= 15 is 0 Å². The summed E-state index contributed by atoms with van der Waals surface area (Å²) in [5, 5.41) is 3.96. The lowest BCUT2D eigenvalue weighted by Gasteiger charge is -2.31. The van der Waals surface area contributed by atoms with Crippen molar-refractivity contribution in [3.8, 4) is 0 Å². The summed E-state index contributed by atoms with van der Waals surface area (Å²) in [5.74, 6) is -0.582. The number of benzene rings is 2. The molecule has 1 atom stereocenters. The summed E-state index contributed by atoms with van der Waals surface area (Å²) in [5.41, 5.74) is 0.963. The van der Waals surface area contributed by atoms with Gasteiger partial charge in [-0.3, -0.25) is 13.9 Å². The van der Waals surface area contributed by atoms with Crippen molar-refractivity contribution in [3.63, 3.8) is 0 Å². The Morgan fingerprint density at radius 2 is 1.66 bits per heavy atom. The molecular formula is C24H30Cl3N3O4S. The third-order valence-corrected chi connectivity index (χ3v) is 7.51. The fourth-order valence-electron chi connectivity index (χ4n) is 3.70. The lowest BCUT2D eigenvalue weighted by molar-refractivity contribution is -0.141. The number of likely N-dealkylation sites (N-methyl/N-ethyl adjacent to an activating group) is 1. The molecule has 11 heteroatoms. The smallest absolute Gasteiger partial charge is 0.242 e. The number of carbonyl (C=O) groups excluding carboxylic acids is 2. The molecule has 0 radical (unpaired) electrons. The first-order chi connectivity index (χ1) is 16.5. The van der Waals surface area contributed by atoms with Gasteiger partial charge in [0.05, 0.1) is 11.9 Å². The van der Waals surface area contributed by atoms with Gasteiger partial charge in [-0.05, 0) is 50.1 Å². The number of halogens is 3. The van der Waals surface area contributed by atoms with Gasteiger partial charge in [0, 0.05) is 46.7 Å². The molecule has 0 aliphatic carbocycles. The van der Waals surface area contributed by atoms with Crippen LogP contribution in [0.25, 0.3) is 0 Å². The quantitative estimate of drug-likeness (QED) is 0.388. The van der Waals surface area contributed by atoms with Crippen LogP contribution in [-0.4, -0.2) is 50.5 Å². The molecule has 0 saturated carbocycles. The average molecular weight is 563 g/mol. The van der Waals surface area contributed by atoms with Crippen LogP contribution in [0.5, 0.6) is 0 Å². The summed E-state index contributed by atoms with van der Waals surface area (Å²) >= 11 is 18.7. The van der Waals surface area contributed by atoms with E-state index in [0.717, 1.165) is 6.26 Å². The second-order valence-electron chi connectivity index (χ2n) is 7.96. The Morgan fingerprint density at radius 3 is 2.20 bits per heavy atom. The minimum atomic E-state index is -3.60. The highest BCUT2D eigenvalue weighted by atomic mass is 35.5. The zero-order valence-electron chi connectivity index (χ0n) is 19.9. The zero-order valence-corrected chi connectivity index (χ0v) is 23.0. The fourth-order valence-corrected chi connectivity index (χ4v) is 5.36. The molecule has 2 amide bonds. The number of carbonyl (C=O) groups is 2. The number of hydrogen-bond acceptors (Lipinski definition) is 4. The predicted octanol–water partition coefficient (Wildman–Crippen LogP) is 5.14. The summed E-state index contributed by atoms with van der Waals surface area (Å²) in [6, 6.07) is 10.8. The first-order valence-electron chi connectivity index (χ1n) is 11.2. The Hall–Kier alpha value is -2.00. The number of amides is 2. The highest BCUT2D eigenvalue weighted by molar-refractivity contribution is 7.92. The van der Waals surface area contributed by atoms with E-state index in [1.165, 1.54) is 9.21 Å². The van der Waals surface area contributed by atoms with Crippen molar-refractivity contribution < 1.29 is 18.0 Å². The molecular weight excluding hydrogens is 533 g/mol. The minimum absolute atomic E-state index is 0.0184. The van der Waals surface area contributed by atoms with E-state index in [-0.39, 0.29) is 37.7 Å². The van der Waals surface area contributed by atoms with Crippen molar-refractivity contribution in [3.05, 3.63) is 63.1 Å². The lowest BCUT2D eigenvalue weighted by Crippen LogP contribution is -2.49. The molecule has 0 aliphatic rings. The van der Waals surface area contributed by atoms with Gasteiger partial charge in [-0.2, -0.15) is 0 Å². The van der Waals surface area contributed by atoms with Crippen LogP contribution in [0.3, 0.4) is 0 Å². The molecule has 2 rings (SSSR count). The highest BCUT2D eigenvalue weighted by Crippen LogP contribution is 2.28. The lowest BCUT2D eigenvalue weighted by atomic mass is 10.1. The molecule has 1 N–H and O–H groups in total. The topological polar surface area (TPSA) is 86.8 Å². The van der Waals surface area contributed by atoms with Crippen molar-refractivity contribution in [2.45, 2.75) is 45.7 Å². The average Bonchev–Trinajstić information content (AvgIpc) is 2.77. The Kier molecular flexibility index (Phi) is 11.1. The van der Waals surface area contributed by atoms with Crippen LogP contribution in [0, 0.1) is 0 Å². The second kappa shape index (κ2) is 13.3. The summed E-state index contributed by atoms with van der Waals surface area (Å²) in [4.78, 5) is 27.6. The van der Waals surface area contributed by atoms with Crippen LogP contribution in [0.4, 0.5) is 5.69 Å². The summed E-state index contributed by atoms with van der Waals surface area (Å²) in [6.45, 7) is 4.17. The number of sulfonamides is 1. The number of rotatable bonds is 12. The Balaban J connectivity index is 2.26. The third kappa shape index (κ3) is 8.27. The van der Waals surface area contributed by atoms with Gasteiger partial charge in [-0.25, -0.2) is 8.42 Å². The molecule has 7 nitrogen and oxygen atoms in total. The molecule has 0 spiro atoms. The van der Waals surface area contributed by atoms with Crippen molar-refractivity contribution in [2.24, 2.45) is 0 Å². The van der Waals surface area contributed by atoms with Gasteiger partial charge >= 0.3 is 0 Å². The summed E-state index contributed by atoms with van der Waals surface area (Å²) < 4.78 is 26.0. The number of hydrogen-bond donors (Lipinski definition) is 1. The van der Waals surface area contributed by atoms with E-state index in [0.29, 0.717) is 39.3 Å². The maximum absolute atomic E-state index is 13.4. The van der Waals surface area contributed by atoms with E-state index in [1.807, 2.05) is 6.92 Å². The van der Waals surface area contributed by atoms with Crippen LogP contribution in [0.15, 0.2) is 42.5 Å². The van der Waals surface area contributed by atoms with Crippen molar-refractivity contribution in [1.29, 1.82) is 0 Å². The Labute approximate surface area is 222 Å². The molecule has 0 fully saturated rings. The van der Waals surface area contributed by atoms with Gasteiger partial charge in [0.15, 0.2) is 0 Å². The second-order valence-corrected chi connectivity index (χ2v) is 11.1. The van der Waals surface area contributed by atoms with Gasteiger partial charge in [-0.15, -0.1) is 0 Å². The van der Waals surface area contributed by atoms with Crippen molar-refractivity contribution in [1.82, 2.24) is 10.2 Å². The van der Waals surface area contributed by atoms with Crippen LogP contribution in [-0.2, 0) is 26.2 Å². The third-order valence-electron chi connectivity index (χ3n) is 5.38. The van der Waals surface area contributed by atoms with E-state index in [2.05, 4.69) is 5.32 Å². The van der Waals surface area contributed by atoms with Crippen LogP contribution in [0.2, 0.25) is 15.1 Å². The summed E-state index contributed by atoms with van der Waals surface area (Å²) in [7, 11) is -3.60. The Bertz CT molecular complexity index is 1120. The summed E-state index contributed by atoms with van der Waals surface area (Å²) in [6.07, 6.45) is 1.74. The van der Waals surface area contributed by atoms with Crippen LogP contribution in [0.1, 0.15) is 38.7 Å². The van der Waals surface area contributed by atoms with Gasteiger partial charge < -0.3 is 10.2 Å². The Morgan fingerprint density at radius 1 is 1.03 bits per heavy atom. The molecule has 1 unspecified atom stereocenters. The minimum Gasteiger partial charge on any atom is -0.355 e. The maximum Gasteiger partial charge on any atom is 0.242 e. The number of nitrogens with zero attached hydrogens (tertiary/aromatic N) is 2. The molecule has 2 aromatic rings.